The first-order valence-corrected chi connectivity index (χ1v) is 8.22. The molecule has 0 aromatic heterocycles. The molecule has 2 amide bonds. The summed E-state index contributed by atoms with van der Waals surface area (Å²) in [7, 11) is 0. The van der Waals surface area contributed by atoms with Crippen LogP contribution in [0.2, 0.25) is 0 Å². The number of carbonyl (C=O) groups is 1. The lowest BCUT2D eigenvalue weighted by Gasteiger charge is -2.32. The Kier molecular flexibility index (Phi) is 4.83. The molecule has 1 unspecified atom stereocenters. The van der Waals surface area contributed by atoms with E-state index >= 15 is 0 Å². The van der Waals surface area contributed by atoms with Crippen molar-refractivity contribution in [3.05, 3.63) is 30.3 Å². The maximum Gasteiger partial charge on any atom is 0.317 e. The second-order valence-corrected chi connectivity index (χ2v) is 6.33. The molecule has 0 bridgehead atoms. The van der Waals surface area contributed by atoms with E-state index in [-0.39, 0.29) is 18.7 Å². The molecule has 2 aliphatic rings. The number of para-hydroxylation sites is 1. The fraction of sp³-hybridized carbons (Fsp3) is 0.588. The van der Waals surface area contributed by atoms with Gasteiger partial charge in [-0.25, -0.2) is 4.79 Å². The van der Waals surface area contributed by atoms with Gasteiger partial charge >= 0.3 is 6.03 Å². The number of piperidine rings is 1. The molecule has 2 saturated heterocycles. The van der Waals surface area contributed by atoms with Crippen LogP contribution >= 0.6 is 0 Å². The summed E-state index contributed by atoms with van der Waals surface area (Å²) in [5.74, 6) is 0.365. The van der Waals surface area contributed by atoms with Crippen molar-refractivity contribution in [3.8, 4) is 0 Å². The lowest BCUT2D eigenvalue weighted by molar-refractivity contribution is 0.136. The van der Waals surface area contributed by atoms with Gasteiger partial charge < -0.3 is 20.2 Å². The van der Waals surface area contributed by atoms with E-state index in [1.807, 2.05) is 23.1 Å². The van der Waals surface area contributed by atoms with Crippen LogP contribution in [0.3, 0.4) is 0 Å². The van der Waals surface area contributed by atoms with Crippen molar-refractivity contribution in [1.29, 1.82) is 0 Å². The SMILES string of the molecule is O=C(NC1CCN(c2ccccc2)C1)N1CCC(CO)CC1. The predicted octanol–water partition coefficient (Wildman–Crippen LogP) is 1.68. The predicted molar refractivity (Wildman–Crippen MR) is 87.0 cm³/mol. The molecule has 120 valence electrons. The molecule has 0 saturated carbocycles. The average molecular weight is 303 g/mol. The van der Waals surface area contributed by atoms with Crippen molar-refractivity contribution in [1.82, 2.24) is 10.2 Å². The molecule has 0 spiro atoms. The van der Waals surface area contributed by atoms with Crippen LogP contribution in [0.4, 0.5) is 10.5 Å². The van der Waals surface area contributed by atoms with Gasteiger partial charge in [0.2, 0.25) is 0 Å². The minimum Gasteiger partial charge on any atom is -0.396 e. The minimum absolute atomic E-state index is 0.0521. The van der Waals surface area contributed by atoms with Gasteiger partial charge in [-0.1, -0.05) is 18.2 Å². The number of aliphatic hydroxyl groups is 1. The van der Waals surface area contributed by atoms with E-state index in [0.717, 1.165) is 45.4 Å². The van der Waals surface area contributed by atoms with E-state index in [4.69, 9.17) is 5.11 Å². The number of amides is 2. The molecule has 2 aliphatic heterocycles. The Morgan fingerprint density at radius 1 is 1.14 bits per heavy atom. The summed E-state index contributed by atoms with van der Waals surface area (Å²) < 4.78 is 0. The lowest BCUT2D eigenvalue weighted by Crippen LogP contribution is -2.48. The fourth-order valence-corrected chi connectivity index (χ4v) is 3.34. The Labute approximate surface area is 131 Å². The number of carbonyl (C=O) groups excluding carboxylic acids is 1. The van der Waals surface area contributed by atoms with Gasteiger partial charge in [-0.3, -0.25) is 0 Å². The molecule has 5 heteroatoms. The monoisotopic (exact) mass is 303 g/mol. The zero-order chi connectivity index (χ0) is 15.4. The summed E-state index contributed by atoms with van der Waals surface area (Å²) in [6.45, 7) is 3.62. The Balaban J connectivity index is 1.47. The molecule has 1 aromatic rings. The molecular formula is C17H25N3O2. The van der Waals surface area contributed by atoms with Crippen molar-refractivity contribution in [2.45, 2.75) is 25.3 Å². The fourth-order valence-electron chi connectivity index (χ4n) is 3.34. The average Bonchev–Trinajstić information content (AvgIpc) is 3.04. The van der Waals surface area contributed by atoms with Gasteiger partial charge in [-0.2, -0.15) is 0 Å². The highest BCUT2D eigenvalue weighted by molar-refractivity contribution is 5.74. The maximum atomic E-state index is 12.3. The van der Waals surface area contributed by atoms with Crippen LogP contribution < -0.4 is 10.2 Å². The smallest absolute Gasteiger partial charge is 0.317 e. The van der Waals surface area contributed by atoms with Gasteiger partial charge in [0.25, 0.3) is 0 Å². The van der Waals surface area contributed by atoms with Crippen LogP contribution in [-0.2, 0) is 0 Å². The number of hydrogen-bond acceptors (Lipinski definition) is 3. The van der Waals surface area contributed by atoms with Crippen molar-refractivity contribution >= 4 is 11.7 Å². The molecule has 2 N–H and O–H groups in total. The summed E-state index contributed by atoms with van der Waals surface area (Å²) in [5, 5.41) is 12.3. The Morgan fingerprint density at radius 2 is 1.86 bits per heavy atom. The molecule has 22 heavy (non-hydrogen) atoms. The normalized spacial score (nSPS) is 22.9. The van der Waals surface area contributed by atoms with Crippen molar-refractivity contribution in [3.63, 3.8) is 0 Å². The van der Waals surface area contributed by atoms with Crippen LogP contribution in [0, 0.1) is 5.92 Å². The molecule has 1 aromatic carbocycles. The largest absolute Gasteiger partial charge is 0.396 e. The number of anilines is 1. The Morgan fingerprint density at radius 3 is 2.55 bits per heavy atom. The number of aliphatic hydroxyl groups excluding tert-OH is 1. The summed E-state index contributed by atoms with van der Waals surface area (Å²) >= 11 is 0. The van der Waals surface area contributed by atoms with E-state index in [9.17, 15) is 4.79 Å². The quantitative estimate of drug-likeness (QED) is 0.893. The number of nitrogens with one attached hydrogen (secondary N) is 1. The lowest BCUT2D eigenvalue weighted by atomic mass is 9.98. The van der Waals surface area contributed by atoms with Crippen LogP contribution in [0.1, 0.15) is 19.3 Å². The number of benzene rings is 1. The van der Waals surface area contributed by atoms with E-state index in [1.165, 1.54) is 5.69 Å². The zero-order valence-electron chi connectivity index (χ0n) is 12.9. The first-order chi connectivity index (χ1) is 10.8. The third-order valence-electron chi connectivity index (χ3n) is 4.80. The number of likely N-dealkylation sites (tertiary alicyclic amines) is 1. The highest BCUT2D eigenvalue weighted by Gasteiger charge is 2.27. The van der Waals surface area contributed by atoms with Crippen LogP contribution in [0.15, 0.2) is 30.3 Å². The van der Waals surface area contributed by atoms with Gasteiger partial charge in [0, 0.05) is 44.5 Å². The molecule has 0 radical (unpaired) electrons. The van der Waals surface area contributed by atoms with E-state index in [1.54, 1.807) is 0 Å². The number of rotatable bonds is 3. The highest BCUT2D eigenvalue weighted by atomic mass is 16.3. The van der Waals surface area contributed by atoms with Crippen LogP contribution in [0.5, 0.6) is 0 Å². The van der Waals surface area contributed by atoms with E-state index in [2.05, 4.69) is 22.3 Å². The summed E-state index contributed by atoms with van der Waals surface area (Å²) in [4.78, 5) is 16.5. The molecular weight excluding hydrogens is 278 g/mol. The number of urea groups is 1. The maximum absolute atomic E-state index is 12.3. The van der Waals surface area contributed by atoms with Crippen LogP contribution in [-0.4, -0.2) is 54.9 Å². The second kappa shape index (κ2) is 7.01. The molecule has 5 nitrogen and oxygen atoms in total. The summed E-state index contributed by atoms with van der Waals surface area (Å²) in [5.41, 5.74) is 1.23. The first-order valence-electron chi connectivity index (χ1n) is 8.22. The summed E-state index contributed by atoms with van der Waals surface area (Å²) in [6, 6.07) is 10.6. The highest BCUT2D eigenvalue weighted by Crippen LogP contribution is 2.20. The molecule has 2 fully saturated rings. The van der Waals surface area contributed by atoms with E-state index < -0.39 is 0 Å². The second-order valence-electron chi connectivity index (χ2n) is 6.33. The van der Waals surface area contributed by atoms with Gasteiger partial charge in [0.1, 0.15) is 0 Å². The van der Waals surface area contributed by atoms with Gasteiger partial charge in [0.05, 0.1) is 0 Å². The standard InChI is InChI=1S/C17H25N3O2/c21-13-14-6-9-19(10-7-14)17(22)18-15-8-11-20(12-15)16-4-2-1-3-5-16/h1-5,14-15,21H,6-13H2,(H,18,22). The topological polar surface area (TPSA) is 55.8 Å². The zero-order valence-corrected chi connectivity index (χ0v) is 12.9. The summed E-state index contributed by atoms with van der Waals surface area (Å²) in [6.07, 6.45) is 2.81. The van der Waals surface area contributed by atoms with Gasteiger partial charge in [-0.05, 0) is 37.3 Å². The Bertz CT molecular complexity index is 486. The van der Waals surface area contributed by atoms with Gasteiger partial charge in [0.15, 0.2) is 0 Å². The molecule has 2 heterocycles. The molecule has 0 aliphatic carbocycles. The van der Waals surface area contributed by atoms with Crippen molar-refractivity contribution in [2.24, 2.45) is 5.92 Å². The molecule has 1 atom stereocenters. The Hall–Kier alpha value is -1.75. The third-order valence-corrected chi connectivity index (χ3v) is 4.80. The van der Waals surface area contributed by atoms with Crippen LogP contribution in [0.25, 0.3) is 0 Å². The number of nitrogens with zero attached hydrogens (tertiary/aromatic N) is 2. The van der Waals surface area contributed by atoms with Crippen molar-refractivity contribution in [2.75, 3.05) is 37.7 Å². The third kappa shape index (κ3) is 3.53. The van der Waals surface area contributed by atoms with E-state index in [0.29, 0.717) is 5.92 Å². The first kappa shape index (κ1) is 15.2. The van der Waals surface area contributed by atoms with Crippen molar-refractivity contribution < 1.29 is 9.90 Å². The number of hydrogen-bond donors (Lipinski definition) is 2. The van der Waals surface area contributed by atoms with Gasteiger partial charge in [-0.15, -0.1) is 0 Å². The molecule has 3 rings (SSSR count). The minimum atomic E-state index is 0.0521.